The minimum Gasteiger partial charge on any atom is -0.252 e. The van der Waals surface area contributed by atoms with Gasteiger partial charge in [0.15, 0.2) is 0 Å². The maximum Gasteiger partial charge on any atom is 0.125 e. The first kappa shape index (κ1) is 10.1. The van der Waals surface area contributed by atoms with E-state index in [0.717, 1.165) is 20.0 Å². The van der Waals surface area contributed by atoms with Crippen LogP contribution in [0.1, 0.15) is 5.69 Å². The highest BCUT2D eigenvalue weighted by Crippen LogP contribution is 2.32. The van der Waals surface area contributed by atoms with Crippen LogP contribution in [0.4, 0.5) is 4.39 Å². The number of benzene rings is 1. The van der Waals surface area contributed by atoms with Crippen LogP contribution in [-0.2, 0) is 0 Å². The maximum atomic E-state index is 12.9. The predicted molar refractivity (Wildman–Crippen MR) is 61.8 cm³/mol. The first-order chi connectivity index (χ1) is 6.59. The molecule has 2 rings (SSSR count). The second kappa shape index (κ2) is 3.59. The number of aromatic nitrogens is 1. The summed E-state index contributed by atoms with van der Waals surface area (Å²) in [6, 6.07) is 4.57. The molecule has 0 aliphatic carbocycles. The van der Waals surface area contributed by atoms with Gasteiger partial charge in [-0.15, -0.1) is 0 Å². The molecule has 0 saturated heterocycles. The fraction of sp³-hybridized carbons (Fsp3) is 0.100. The fourth-order valence-corrected chi connectivity index (χ4v) is 2.21. The zero-order valence-electron chi connectivity index (χ0n) is 7.31. The van der Waals surface area contributed by atoms with Gasteiger partial charge in [0.1, 0.15) is 5.82 Å². The van der Waals surface area contributed by atoms with Crippen LogP contribution in [0.15, 0.2) is 27.1 Å². The summed E-state index contributed by atoms with van der Waals surface area (Å²) in [5, 5.41) is 0.906. The van der Waals surface area contributed by atoms with Crippen molar-refractivity contribution < 1.29 is 4.39 Å². The van der Waals surface area contributed by atoms with E-state index in [-0.39, 0.29) is 5.82 Å². The Hall–Kier alpha value is -0.480. The third kappa shape index (κ3) is 1.57. The number of aryl methyl sites for hydroxylation is 1. The van der Waals surface area contributed by atoms with Crippen molar-refractivity contribution in [1.82, 2.24) is 4.98 Å². The zero-order valence-corrected chi connectivity index (χ0v) is 10.5. The Kier molecular flexibility index (Phi) is 2.58. The summed E-state index contributed by atoms with van der Waals surface area (Å²) in [5.74, 6) is -0.265. The van der Waals surface area contributed by atoms with Crippen LogP contribution in [0.5, 0.6) is 0 Å². The first-order valence-corrected chi connectivity index (χ1v) is 5.59. The van der Waals surface area contributed by atoms with Gasteiger partial charge in [0.05, 0.1) is 15.7 Å². The quantitative estimate of drug-likeness (QED) is 0.709. The normalized spacial score (nSPS) is 10.9. The molecule has 14 heavy (non-hydrogen) atoms. The van der Waals surface area contributed by atoms with Crippen molar-refractivity contribution in [2.75, 3.05) is 0 Å². The van der Waals surface area contributed by atoms with Crippen LogP contribution in [0.25, 0.3) is 10.9 Å². The van der Waals surface area contributed by atoms with Gasteiger partial charge in [-0.1, -0.05) is 0 Å². The van der Waals surface area contributed by atoms with E-state index < -0.39 is 0 Å². The molecule has 0 atom stereocenters. The summed E-state index contributed by atoms with van der Waals surface area (Å²) in [6.45, 7) is 1.87. The summed E-state index contributed by atoms with van der Waals surface area (Å²) in [6.07, 6.45) is 0. The second-order valence-corrected chi connectivity index (χ2v) is 4.57. The van der Waals surface area contributed by atoms with Crippen LogP contribution in [0.2, 0.25) is 0 Å². The molecule has 2 aromatic rings. The summed E-state index contributed by atoms with van der Waals surface area (Å²) in [4.78, 5) is 4.28. The Morgan fingerprint density at radius 3 is 2.64 bits per heavy atom. The molecule has 1 aromatic heterocycles. The lowest BCUT2D eigenvalue weighted by Gasteiger charge is -2.05. The Bertz CT molecular complexity index is 511. The molecule has 0 aliphatic rings. The first-order valence-electron chi connectivity index (χ1n) is 4.00. The minimum absolute atomic E-state index is 0.265. The van der Waals surface area contributed by atoms with Crippen LogP contribution in [0, 0.1) is 12.7 Å². The average Bonchev–Trinajstić information content (AvgIpc) is 2.14. The summed E-state index contributed by atoms with van der Waals surface area (Å²) in [5.41, 5.74) is 1.51. The summed E-state index contributed by atoms with van der Waals surface area (Å²) in [7, 11) is 0. The van der Waals surface area contributed by atoms with E-state index in [2.05, 4.69) is 36.8 Å². The third-order valence-corrected chi connectivity index (χ3v) is 4.32. The highest BCUT2D eigenvalue weighted by Gasteiger charge is 2.08. The predicted octanol–water partition coefficient (Wildman–Crippen LogP) is 4.21. The molecule has 0 N–H and O–H groups in total. The zero-order chi connectivity index (χ0) is 10.3. The summed E-state index contributed by atoms with van der Waals surface area (Å²) >= 11 is 6.86. The number of pyridine rings is 1. The number of hydrogen-bond acceptors (Lipinski definition) is 1. The van der Waals surface area contributed by atoms with Crippen LogP contribution in [0.3, 0.4) is 0 Å². The molecule has 1 aromatic carbocycles. The molecular formula is C10H6Br2FN. The van der Waals surface area contributed by atoms with E-state index in [4.69, 9.17) is 0 Å². The fourth-order valence-electron chi connectivity index (χ4n) is 1.29. The van der Waals surface area contributed by atoms with Crippen molar-refractivity contribution in [1.29, 1.82) is 0 Å². The van der Waals surface area contributed by atoms with Crippen molar-refractivity contribution in [3.8, 4) is 0 Å². The Morgan fingerprint density at radius 1 is 1.21 bits per heavy atom. The van der Waals surface area contributed by atoms with Gasteiger partial charge in [0, 0.05) is 15.9 Å². The lowest BCUT2D eigenvalue weighted by molar-refractivity contribution is 0.629. The number of nitrogens with zero attached hydrogens (tertiary/aromatic N) is 1. The van der Waals surface area contributed by atoms with Gasteiger partial charge in [-0.2, -0.15) is 0 Å². The van der Waals surface area contributed by atoms with E-state index >= 15 is 0 Å². The van der Waals surface area contributed by atoms with Crippen molar-refractivity contribution in [3.63, 3.8) is 0 Å². The summed E-state index contributed by atoms with van der Waals surface area (Å²) < 4.78 is 14.8. The van der Waals surface area contributed by atoms with E-state index in [0.29, 0.717) is 5.52 Å². The van der Waals surface area contributed by atoms with E-state index in [1.165, 1.54) is 12.1 Å². The molecule has 0 saturated carbocycles. The van der Waals surface area contributed by atoms with E-state index in [1.807, 2.05) is 6.92 Å². The van der Waals surface area contributed by atoms with E-state index in [1.54, 1.807) is 6.07 Å². The monoisotopic (exact) mass is 317 g/mol. The van der Waals surface area contributed by atoms with Gasteiger partial charge >= 0.3 is 0 Å². The average molecular weight is 319 g/mol. The SMILES string of the molecule is Cc1nc2cc(F)ccc2c(Br)c1Br. The molecule has 0 unspecified atom stereocenters. The minimum atomic E-state index is -0.265. The molecule has 0 spiro atoms. The largest absolute Gasteiger partial charge is 0.252 e. The van der Waals surface area contributed by atoms with Crippen LogP contribution >= 0.6 is 31.9 Å². The lowest BCUT2D eigenvalue weighted by atomic mass is 10.2. The number of rotatable bonds is 0. The number of hydrogen-bond donors (Lipinski definition) is 0. The van der Waals surface area contributed by atoms with Crippen molar-refractivity contribution in [2.24, 2.45) is 0 Å². The van der Waals surface area contributed by atoms with Gasteiger partial charge in [-0.05, 0) is 50.9 Å². The Morgan fingerprint density at radius 2 is 1.93 bits per heavy atom. The Balaban J connectivity index is 2.91. The number of halogens is 3. The van der Waals surface area contributed by atoms with Crippen molar-refractivity contribution in [3.05, 3.63) is 38.7 Å². The molecule has 1 heterocycles. The van der Waals surface area contributed by atoms with Gasteiger partial charge in [0.25, 0.3) is 0 Å². The lowest BCUT2D eigenvalue weighted by Crippen LogP contribution is -1.88. The second-order valence-electron chi connectivity index (χ2n) is 2.99. The molecule has 0 bridgehead atoms. The molecule has 0 amide bonds. The standard InChI is InChI=1S/C10H6Br2FN/c1-5-9(11)10(12)7-3-2-6(13)4-8(7)14-5/h2-4H,1H3. The topological polar surface area (TPSA) is 12.9 Å². The highest BCUT2D eigenvalue weighted by atomic mass is 79.9. The molecule has 1 nitrogen and oxygen atoms in total. The smallest absolute Gasteiger partial charge is 0.125 e. The molecular weight excluding hydrogens is 313 g/mol. The Labute approximate surface area is 97.6 Å². The van der Waals surface area contributed by atoms with Crippen molar-refractivity contribution in [2.45, 2.75) is 6.92 Å². The van der Waals surface area contributed by atoms with Gasteiger partial charge < -0.3 is 0 Å². The number of fused-ring (bicyclic) bond motifs is 1. The molecule has 0 radical (unpaired) electrons. The van der Waals surface area contributed by atoms with Gasteiger partial charge in [0.2, 0.25) is 0 Å². The molecule has 0 aliphatic heterocycles. The van der Waals surface area contributed by atoms with Crippen LogP contribution in [-0.4, -0.2) is 4.98 Å². The molecule has 0 fully saturated rings. The maximum absolute atomic E-state index is 12.9. The van der Waals surface area contributed by atoms with Crippen molar-refractivity contribution >= 4 is 42.8 Å². The van der Waals surface area contributed by atoms with E-state index in [9.17, 15) is 4.39 Å². The third-order valence-electron chi connectivity index (χ3n) is 1.99. The molecule has 4 heteroatoms. The van der Waals surface area contributed by atoms with Gasteiger partial charge in [-0.25, -0.2) is 4.39 Å². The molecule has 72 valence electrons. The highest BCUT2D eigenvalue weighted by molar-refractivity contribution is 9.13. The van der Waals surface area contributed by atoms with Crippen LogP contribution < -0.4 is 0 Å². The van der Waals surface area contributed by atoms with Gasteiger partial charge in [-0.3, -0.25) is 4.98 Å².